The molecule has 0 saturated heterocycles. The van der Waals surface area contributed by atoms with Crippen LogP contribution in [0.1, 0.15) is 26.3 Å². The summed E-state index contributed by atoms with van der Waals surface area (Å²) in [6.45, 7) is 5.97. The van der Waals surface area contributed by atoms with Crippen molar-refractivity contribution < 1.29 is 17.9 Å². The first kappa shape index (κ1) is 16.3. The number of carbonyl (C=O) groups is 1. The molecule has 0 atom stereocenters. The number of sulfonamides is 1. The SMILES string of the molecule is COc1c(NC=O)cc(C(C)(C)C)cc1NS(C)(=O)=O. The lowest BCUT2D eigenvalue weighted by atomic mass is 9.86. The second-order valence-corrected chi connectivity index (χ2v) is 7.24. The van der Waals surface area contributed by atoms with E-state index in [1.165, 1.54) is 7.11 Å². The number of ether oxygens (including phenoxy) is 1. The second kappa shape index (κ2) is 5.70. The average Bonchev–Trinajstić information content (AvgIpc) is 2.25. The lowest BCUT2D eigenvalue weighted by molar-refractivity contribution is -0.105. The first-order valence-corrected chi connectivity index (χ1v) is 7.88. The van der Waals surface area contributed by atoms with Crippen LogP contribution >= 0.6 is 0 Å². The van der Waals surface area contributed by atoms with Gasteiger partial charge in [0, 0.05) is 0 Å². The minimum Gasteiger partial charge on any atom is -0.492 e. The zero-order chi connectivity index (χ0) is 15.6. The van der Waals surface area contributed by atoms with E-state index in [4.69, 9.17) is 4.74 Å². The van der Waals surface area contributed by atoms with E-state index >= 15 is 0 Å². The number of hydrogen-bond donors (Lipinski definition) is 2. The van der Waals surface area contributed by atoms with Gasteiger partial charge in [0.1, 0.15) is 0 Å². The fraction of sp³-hybridized carbons (Fsp3) is 0.462. The summed E-state index contributed by atoms with van der Waals surface area (Å²) in [6.07, 6.45) is 1.58. The normalized spacial score (nSPS) is 11.8. The average molecular weight is 300 g/mol. The summed E-state index contributed by atoms with van der Waals surface area (Å²) in [5.41, 5.74) is 1.38. The van der Waals surface area contributed by atoms with Gasteiger partial charge in [0.15, 0.2) is 5.75 Å². The number of hydrogen-bond acceptors (Lipinski definition) is 4. The highest BCUT2D eigenvalue weighted by Gasteiger charge is 2.20. The number of carbonyl (C=O) groups excluding carboxylic acids is 1. The van der Waals surface area contributed by atoms with E-state index in [0.717, 1.165) is 11.8 Å². The van der Waals surface area contributed by atoms with Gasteiger partial charge in [-0.1, -0.05) is 20.8 Å². The van der Waals surface area contributed by atoms with E-state index < -0.39 is 10.0 Å². The van der Waals surface area contributed by atoms with Crippen LogP contribution in [0.15, 0.2) is 12.1 Å². The Labute approximate surface area is 119 Å². The molecule has 0 bridgehead atoms. The topological polar surface area (TPSA) is 84.5 Å². The Morgan fingerprint density at radius 1 is 1.20 bits per heavy atom. The van der Waals surface area contributed by atoms with E-state index in [1.54, 1.807) is 12.1 Å². The number of nitrogens with one attached hydrogen (secondary N) is 2. The Balaban J connectivity index is 3.52. The van der Waals surface area contributed by atoms with Crippen LogP contribution in [0.5, 0.6) is 5.75 Å². The highest BCUT2D eigenvalue weighted by Crippen LogP contribution is 2.38. The Bertz CT molecular complexity index is 604. The maximum atomic E-state index is 11.4. The monoisotopic (exact) mass is 300 g/mol. The standard InChI is InChI=1S/C13H20N2O4S/c1-13(2,3)9-6-10(14-8-16)12(19-4)11(7-9)15-20(5,17)18/h6-8,15H,1-5H3,(H,14,16). The lowest BCUT2D eigenvalue weighted by Gasteiger charge is -2.23. The van der Waals surface area contributed by atoms with E-state index in [0.29, 0.717) is 17.8 Å². The Morgan fingerprint density at radius 3 is 2.15 bits per heavy atom. The van der Waals surface area contributed by atoms with Crippen molar-refractivity contribution in [3.63, 3.8) is 0 Å². The Hall–Kier alpha value is -1.76. The number of benzene rings is 1. The maximum Gasteiger partial charge on any atom is 0.229 e. The number of anilines is 2. The van der Waals surface area contributed by atoms with Crippen molar-refractivity contribution in [3.8, 4) is 5.75 Å². The highest BCUT2D eigenvalue weighted by atomic mass is 32.2. The summed E-state index contributed by atoms with van der Waals surface area (Å²) in [6, 6.07) is 3.47. The van der Waals surface area contributed by atoms with Crippen molar-refractivity contribution in [2.24, 2.45) is 0 Å². The second-order valence-electron chi connectivity index (χ2n) is 5.49. The van der Waals surface area contributed by atoms with Gasteiger partial charge in [-0.05, 0) is 23.1 Å². The lowest BCUT2D eigenvalue weighted by Crippen LogP contribution is -2.16. The molecule has 1 amide bonds. The van der Waals surface area contributed by atoms with Crippen molar-refractivity contribution in [3.05, 3.63) is 17.7 Å². The Kier molecular flexibility index (Phi) is 4.65. The van der Waals surface area contributed by atoms with Crippen molar-refractivity contribution in [2.45, 2.75) is 26.2 Å². The van der Waals surface area contributed by atoms with Crippen LogP contribution in [0.3, 0.4) is 0 Å². The fourth-order valence-corrected chi connectivity index (χ4v) is 2.28. The zero-order valence-corrected chi connectivity index (χ0v) is 13.1. The van der Waals surface area contributed by atoms with Gasteiger partial charge in [0.2, 0.25) is 16.4 Å². The molecule has 0 aliphatic heterocycles. The molecule has 0 heterocycles. The van der Waals surface area contributed by atoms with Gasteiger partial charge in [-0.15, -0.1) is 0 Å². The van der Waals surface area contributed by atoms with Crippen molar-refractivity contribution >= 4 is 27.8 Å². The Morgan fingerprint density at radius 2 is 1.75 bits per heavy atom. The summed E-state index contributed by atoms with van der Waals surface area (Å²) >= 11 is 0. The molecule has 1 aromatic carbocycles. The molecule has 7 heteroatoms. The molecule has 20 heavy (non-hydrogen) atoms. The minimum atomic E-state index is -3.45. The molecule has 0 radical (unpaired) electrons. The van der Waals surface area contributed by atoms with Crippen LogP contribution in [0.2, 0.25) is 0 Å². The van der Waals surface area contributed by atoms with Crippen LogP contribution in [0.4, 0.5) is 11.4 Å². The summed E-state index contributed by atoms with van der Waals surface area (Å²) in [7, 11) is -2.04. The van der Waals surface area contributed by atoms with Crippen LogP contribution in [0, 0.1) is 0 Å². The van der Waals surface area contributed by atoms with Crippen LogP contribution in [0.25, 0.3) is 0 Å². The highest BCUT2D eigenvalue weighted by molar-refractivity contribution is 7.92. The third kappa shape index (κ3) is 4.12. The summed E-state index contributed by atoms with van der Waals surface area (Å²) in [5, 5.41) is 2.53. The van der Waals surface area contributed by atoms with Crippen LogP contribution in [-0.2, 0) is 20.2 Å². The van der Waals surface area contributed by atoms with Gasteiger partial charge in [-0.3, -0.25) is 9.52 Å². The zero-order valence-electron chi connectivity index (χ0n) is 12.3. The molecule has 0 spiro atoms. The fourth-order valence-electron chi connectivity index (χ4n) is 1.73. The molecule has 2 N–H and O–H groups in total. The quantitative estimate of drug-likeness (QED) is 0.814. The molecule has 1 aromatic rings. The van der Waals surface area contributed by atoms with E-state index in [2.05, 4.69) is 10.0 Å². The molecular weight excluding hydrogens is 280 g/mol. The third-order valence-electron chi connectivity index (χ3n) is 2.67. The van der Waals surface area contributed by atoms with E-state index in [-0.39, 0.29) is 11.2 Å². The largest absolute Gasteiger partial charge is 0.492 e. The molecule has 6 nitrogen and oxygen atoms in total. The molecular formula is C13H20N2O4S. The molecule has 0 fully saturated rings. The van der Waals surface area contributed by atoms with E-state index in [9.17, 15) is 13.2 Å². The van der Waals surface area contributed by atoms with Gasteiger partial charge in [0.05, 0.1) is 24.7 Å². The van der Waals surface area contributed by atoms with Gasteiger partial charge >= 0.3 is 0 Å². The molecule has 1 rings (SSSR count). The molecule has 0 aromatic heterocycles. The van der Waals surface area contributed by atoms with Gasteiger partial charge < -0.3 is 10.1 Å². The van der Waals surface area contributed by atoms with Crippen LogP contribution < -0.4 is 14.8 Å². The molecule has 0 aliphatic rings. The van der Waals surface area contributed by atoms with Gasteiger partial charge in [0.25, 0.3) is 0 Å². The molecule has 0 aliphatic carbocycles. The summed E-state index contributed by atoms with van der Waals surface area (Å²) < 4.78 is 30.5. The summed E-state index contributed by atoms with van der Waals surface area (Å²) in [4.78, 5) is 10.7. The van der Waals surface area contributed by atoms with Crippen LogP contribution in [-0.4, -0.2) is 28.2 Å². The molecule has 112 valence electrons. The van der Waals surface area contributed by atoms with Gasteiger partial charge in [-0.25, -0.2) is 8.42 Å². The van der Waals surface area contributed by atoms with Crippen molar-refractivity contribution in [1.29, 1.82) is 0 Å². The first-order chi connectivity index (χ1) is 9.08. The molecule has 0 unspecified atom stereocenters. The minimum absolute atomic E-state index is 0.209. The number of methoxy groups -OCH3 is 1. The maximum absolute atomic E-state index is 11.4. The molecule has 0 saturated carbocycles. The smallest absolute Gasteiger partial charge is 0.229 e. The van der Waals surface area contributed by atoms with Crippen molar-refractivity contribution in [1.82, 2.24) is 0 Å². The predicted molar refractivity (Wildman–Crippen MR) is 79.8 cm³/mol. The van der Waals surface area contributed by atoms with Gasteiger partial charge in [-0.2, -0.15) is 0 Å². The first-order valence-electron chi connectivity index (χ1n) is 5.99. The summed E-state index contributed by atoms with van der Waals surface area (Å²) in [5.74, 6) is 0.274. The number of amides is 1. The van der Waals surface area contributed by atoms with E-state index in [1.807, 2.05) is 20.8 Å². The predicted octanol–water partition coefficient (Wildman–Crippen LogP) is 1.93. The number of rotatable bonds is 5. The third-order valence-corrected chi connectivity index (χ3v) is 3.26. The van der Waals surface area contributed by atoms with Crippen molar-refractivity contribution in [2.75, 3.05) is 23.4 Å².